The highest BCUT2D eigenvalue weighted by Gasteiger charge is 2.37. The molecule has 2 heterocycles. The Balaban J connectivity index is 2.07. The molecule has 0 N–H and O–H groups in total. The predicted octanol–water partition coefficient (Wildman–Crippen LogP) is 3.02. The van der Waals surface area contributed by atoms with Gasteiger partial charge in [0.1, 0.15) is 12.8 Å². The first-order valence-electron chi connectivity index (χ1n) is 8.19. The van der Waals surface area contributed by atoms with Crippen LogP contribution in [0.2, 0.25) is 0 Å². The molecule has 0 bridgehead atoms. The molecule has 0 spiro atoms. The van der Waals surface area contributed by atoms with Crippen molar-refractivity contribution in [3.63, 3.8) is 0 Å². The van der Waals surface area contributed by atoms with Crippen LogP contribution in [0.15, 0.2) is 12.3 Å². The fourth-order valence-electron chi connectivity index (χ4n) is 2.58. The zero-order valence-electron chi connectivity index (χ0n) is 14.4. The molecular weight excluding hydrogens is 296 g/mol. The highest BCUT2D eigenvalue weighted by Crippen LogP contribution is 2.30. The van der Waals surface area contributed by atoms with Crippen molar-refractivity contribution in [2.24, 2.45) is 0 Å². The Hall–Kier alpha value is -1.50. The molecule has 6 nitrogen and oxygen atoms in total. The molecule has 1 aliphatic heterocycles. The number of Topliss-reactive ketones (excluding diaryl/α,β-unsaturated/α-hetero) is 1. The van der Waals surface area contributed by atoms with Crippen molar-refractivity contribution in [3.05, 3.63) is 23.8 Å². The van der Waals surface area contributed by atoms with Crippen LogP contribution in [-0.4, -0.2) is 40.4 Å². The van der Waals surface area contributed by atoms with Crippen molar-refractivity contribution in [1.29, 1.82) is 0 Å². The molecule has 0 aliphatic carbocycles. The van der Waals surface area contributed by atoms with E-state index in [0.29, 0.717) is 31.5 Å². The maximum atomic E-state index is 11.7. The van der Waals surface area contributed by atoms with Crippen LogP contribution in [0, 0.1) is 0 Å². The van der Waals surface area contributed by atoms with E-state index < -0.39 is 5.79 Å². The van der Waals surface area contributed by atoms with Crippen molar-refractivity contribution in [3.8, 4) is 0 Å². The maximum absolute atomic E-state index is 11.7. The van der Waals surface area contributed by atoms with E-state index in [2.05, 4.69) is 18.8 Å². The SMILES string of the molecule is CCOCn1cc(/C=C/[C@H]2COC(CC)(CC)O2)nc1C(C)=O. The number of carbonyl (C=O) groups excluding carboxylic acids is 1. The van der Waals surface area contributed by atoms with E-state index in [1.807, 2.05) is 25.3 Å². The molecule has 1 aromatic rings. The summed E-state index contributed by atoms with van der Waals surface area (Å²) >= 11 is 0. The lowest BCUT2D eigenvalue weighted by atomic mass is 10.1. The minimum absolute atomic E-state index is 0.0826. The summed E-state index contributed by atoms with van der Waals surface area (Å²) in [5.74, 6) is -0.146. The molecule has 6 heteroatoms. The van der Waals surface area contributed by atoms with Crippen LogP contribution >= 0.6 is 0 Å². The molecule has 1 aromatic heterocycles. The van der Waals surface area contributed by atoms with Crippen LogP contribution in [0.25, 0.3) is 6.08 Å². The van der Waals surface area contributed by atoms with Gasteiger partial charge in [-0.15, -0.1) is 0 Å². The lowest BCUT2D eigenvalue weighted by Gasteiger charge is -2.24. The van der Waals surface area contributed by atoms with Crippen LogP contribution in [0.1, 0.15) is 56.8 Å². The number of rotatable bonds is 8. The van der Waals surface area contributed by atoms with E-state index in [-0.39, 0.29) is 11.9 Å². The molecule has 1 fully saturated rings. The highest BCUT2D eigenvalue weighted by molar-refractivity contribution is 5.90. The summed E-state index contributed by atoms with van der Waals surface area (Å²) < 4.78 is 18.9. The van der Waals surface area contributed by atoms with Gasteiger partial charge in [-0.05, 0) is 25.8 Å². The minimum atomic E-state index is -0.464. The standard InChI is InChI=1S/C17H26N2O4/c1-5-17(6-2)22-11-15(23-17)9-8-14-10-19(12-21-7-3)16(18-14)13(4)20/h8-10,15H,5-7,11-12H2,1-4H3/b9-8+/t15-/m0/s1. The Kier molecular flexibility index (Phi) is 6.10. The summed E-state index contributed by atoms with van der Waals surface area (Å²) in [6.45, 7) is 8.99. The number of hydrogen-bond acceptors (Lipinski definition) is 5. The van der Waals surface area contributed by atoms with E-state index in [0.717, 1.165) is 12.8 Å². The van der Waals surface area contributed by atoms with Crippen LogP contribution in [-0.2, 0) is 20.9 Å². The van der Waals surface area contributed by atoms with Crippen molar-refractivity contribution >= 4 is 11.9 Å². The largest absolute Gasteiger partial charge is 0.361 e. The number of ketones is 1. The molecule has 23 heavy (non-hydrogen) atoms. The first-order valence-corrected chi connectivity index (χ1v) is 8.19. The first-order chi connectivity index (χ1) is 11.0. The first kappa shape index (κ1) is 17.8. The number of hydrogen-bond donors (Lipinski definition) is 0. The van der Waals surface area contributed by atoms with Gasteiger partial charge in [-0.3, -0.25) is 4.79 Å². The topological polar surface area (TPSA) is 62.6 Å². The summed E-state index contributed by atoms with van der Waals surface area (Å²) in [6, 6.07) is 0. The zero-order chi connectivity index (χ0) is 16.9. The second kappa shape index (κ2) is 7.86. The Morgan fingerprint density at radius 2 is 2.22 bits per heavy atom. The van der Waals surface area contributed by atoms with E-state index in [1.165, 1.54) is 6.92 Å². The maximum Gasteiger partial charge on any atom is 0.195 e. The second-order valence-corrected chi connectivity index (χ2v) is 5.58. The third-order valence-corrected chi connectivity index (χ3v) is 3.98. The Labute approximate surface area is 137 Å². The number of imidazole rings is 1. The zero-order valence-corrected chi connectivity index (χ0v) is 14.4. The highest BCUT2D eigenvalue weighted by atomic mass is 16.7. The molecule has 128 valence electrons. The summed E-state index contributed by atoms with van der Waals surface area (Å²) in [5.41, 5.74) is 0.712. The van der Waals surface area contributed by atoms with E-state index in [1.54, 1.807) is 4.57 Å². The molecule has 0 saturated carbocycles. The van der Waals surface area contributed by atoms with Crippen molar-refractivity contribution in [1.82, 2.24) is 9.55 Å². The summed E-state index contributed by atoms with van der Waals surface area (Å²) in [4.78, 5) is 16.0. The lowest BCUT2D eigenvalue weighted by molar-refractivity contribution is -0.167. The fourth-order valence-corrected chi connectivity index (χ4v) is 2.58. The quantitative estimate of drug-likeness (QED) is 0.688. The van der Waals surface area contributed by atoms with Gasteiger partial charge in [0.25, 0.3) is 0 Å². The molecule has 0 unspecified atom stereocenters. The molecule has 0 radical (unpaired) electrons. The average molecular weight is 322 g/mol. The van der Waals surface area contributed by atoms with Gasteiger partial charge in [0.15, 0.2) is 17.4 Å². The minimum Gasteiger partial charge on any atom is -0.361 e. The smallest absolute Gasteiger partial charge is 0.195 e. The van der Waals surface area contributed by atoms with Gasteiger partial charge in [-0.1, -0.05) is 19.9 Å². The molecule has 0 aromatic carbocycles. The summed E-state index contributed by atoms with van der Waals surface area (Å²) in [6.07, 6.45) is 7.17. The predicted molar refractivity (Wildman–Crippen MR) is 87.0 cm³/mol. The van der Waals surface area contributed by atoms with Gasteiger partial charge in [-0.2, -0.15) is 0 Å². The summed E-state index contributed by atoms with van der Waals surface area (Å²) in [7, 11) is 0. The average Bonchev–Trinajstić information content (AvgIpc) is 3.15. The van der Waals surface area contributed by atoms with Crippen LogP contribution in [0.5, 0.6) is 0 Å². The van der Waals surface area contributed by atoms with Gasteiger partial charge in [-0.25, -0.2) is 4.98 Å². The van der Waals surface area contributed by atoms with E-state index in [9.17, 15) is 4.79 Å². The monoisotopic (exact) mass is 322 g/mol. The number of carbonyl (C=O) groups is 1. The number of nitrogens with zero attached hydrogens (tertiary/aromatic N) is 2. The van der Waals surface area contributed by atoms with E-state index >= 15 is 0 Å². The second-order valence-electron chi connectivity index (χ2n) is 5.58. The van der Waals surface area contributed by atoms with Gasteiger partial charge in [0.2, 0.25) is 0 Å². The normalized spacial score (nSPS) is 20.4. The van der Waals surface area contributed by atoms with Crippen molar-refractivity contribution in [2.75, 3.05) is 13.2 Å². The van der Waals surface area contributed by atoms with Gasteiger partial charge < -0.3 is 18.8 Å². The Morgan fingerprint density at radius 1 is 1.48 bits per heavy atom. The molecule has 2 rings (SSSR count). The van der Waals surface area contributed by atoms with E-state index in [4.69, 9.17) is 14.2 Å². The van der Waals surface area contributed by atoms with Gasteiger partial charge in [0.05, 0.1) is 12.3 Å². The lowest BCUT2D eigenvalue weighted by Crippen LogP contribution is -2.28. The van der Waals surface area contributed by atoms with Gasteiger partial charge in [0, 0.05) is 19.7 Å². The number of aromatic nitrogens is 2. The van der Waals surface area contributed by atoms with Crippen molar-refractivity contribution < 1.29 is 19.0 Å². The Morgan fingerprint density at radius 3 is 2.78 bits per heavy atom. The third-order valence-electron chi connectivity index (χ3n) is 3.98. The Bertz CT molecular complexity index is 561. The van der Waals surface area contributed by atoms with Crippen LogP contribution in [0.3, 0.4) is 0 Å². The molecule has 0 amide bonds. The van der Waals surface area contributed by atoms with Crippen LogP contribution in [0.4, 0.5) is 0 Å². The third kappa shape index (κ3) is 4.28. The summed E-state index contributed by atoms with van der Waals surface area (Å²) in [5, 5.41) is 0. The fraction of sp³-hybridized carbons (Fsp3) is 0.647. The molecular formula is C17H26N2O4. The molecule has 1 saturated heterocycles. The molecule has 1 aliphatic rings. The van der Waals surface area contributed by atoms with Gasteiger partial charge >= 0.3 is 0 Å². The molecule has 1 atom stereocenters. The van der Waals surface area contributed by atoms with Crippen molar-refractivity contribution in [2.45, 2.75) is 59.2 Å². The number of ether oxygens (including phenoxy) is 3. The van der Waals surface area contributed by atoms with Crippen LogP contribution < -0.4 is 0 Å².